The average molecular weight is 327 g/mol. The summed E-state index contributed by atoms with van der Waals surface area (Å²) in [6.07, 6.45) is 10.6. The minimum atomic E-state index is 0.790. The lowest BCUT2D eigenvalue weighted by molar-refractivity contribution is 0.0630. The van der Waals surface area contributed by atoms with Crippen LogP contribution < -0.4 is 0 Å². The van der Waals surface area contributed by atoms with E-state index in [1.807, 2.05) is 0 Å². The van der Waals surface area contributed by atoms with Crippen molar-refractivity contribution in [3.05, 3.63) is 0 Å². The van der Waals surface area contributed by atoms with Crippen molar-refractivity contribution < 1.29 is 4.74 Å². The van der Waals surface area contributed by atoms with Crippen molar-refractivity contribution in [3.63, 3.8) is 0 Å². The molecule has 0 N–H and O–H groups in total. The number of unbranched alkanes of at least 4 members (excludes halogenated alkanes) is 2. The molecule has 0 aromatic rings. The van der Waals surface area contributed by atoms with Crippen LogP contribution in [0.15, 0.2) is 0 Å². The second kappa shape index (κ2) is 19.5. The van der Waals surface area contributed by atoms with Crippen LogP contribution in [-0.4, -0.2) is 29.5 Å². The van der Waals surface area contributed by atoms with Gasteiger partial charge in [0, 0.05) is 13.2 Å². The Balaban J connectivity index is 0. The predicted octanol–water partition coefficient (Wildman–Crippen LogP) is 6.67. The van der Waals surface area contributed by atoms with Crippen LogP contribution >= 0.6 is 0 Å². The van der Waals surface area contributed by atoms with Crippen LogP contribution in [-0.2, 0) is 4.74 Å². The quantitative estimate of drug-likeness (QED) is 0.344. The first-order valence-electron chi connectivity index (χ1n) is 9.83. The number of rotatable bonds is 13. The molecule has 1 nitrogen and oxygen atoms in total. The molecule has 0 aromatic carbocycles. The van der Waals surface area contributed by atoms with E-state index in [4.69, 9.17) is 4.74 Å². The average Bonchev–Trinajstić information content (AvgIpc) is 2.54. The third kappa shape index (κ3) is 18.5. The van der Waals surface area contributed by atoms with E-state index in [9.17, 15) is 0 Å². The molecule has 0 saturated heterocycles. The van der Waals surface area contributed by atoms with Crippen LogP contribution in [0.1, 0.15) is 92.9 Å². The minimum absolute atomic E-state index is 0.790. The number of hydrogen-bond donors (Lipinski definition) is 0. The van der Waals surface area contributed by atoms with E-state index >= 15 is 0 Å². The first kappa shape index (κ1) is 24.7. The molecular weight excluding hydrogens is 283 g/mol. The smallest absolute Gasteiger partial charge is 0.118 e. The molecule has 0 bridgehead atoms. The van der Waals surface area contributed by atoms with Gasteiger partial charge < -0.3 is 4.74 Å². The van der Waals surface area contributed by atoms with Gasteiger partial charge >= 0.3 is 0 Å². The molecule has 0 aromatic heterocycles. The highest BCUT2D eigenvalue weighted by atomic mass is 27.0. The van der Waals surface area contributed by atoms with E-state index in [1.165, 1.54) is 56.6 Å². The zero-order valence-corrected chi connectivity index (χ0v) is 17.7. The molecule has 0 aliphatic heterocycles. The van der Waals surface area contributed by atoms with Crippen molar-refractivity contribution in [1.29, 1.82) is 0 Å². The molecular formula is C20H43AlO. The van der Waals surface area contributed by atoms with Crippen molar-refractivity contribution in [1.82, 2.24) is 0 Å². The maximum atomic E-state index is 5.93. The van der Waals surface area contributed by atoms with Gasteiger partial charge in [-0.25, -0.2) is 0 Å². The fourth-order valence-electron chi connectivity index (χ4n) is 2.20. The normalized spacial score (nSPS) is 13.6. The molecule has 2 heteroatoms. The van der Waals surface area contributed by atoms with Gasteiger partial charge in [0.2, 0.25) is 0 Å². The minimum Gasteiger partial charge on any atom is -0.381 e. The van der Waals surface area contributed by atoms with Crippen molar-refractivity contribution >= 4 is 16.3 Å². The Morgan fingerprint density at radius 3 is 1.36 bits per heavy atom. The molecule has 0 rings (SSSR count). The van der Waals surface area contributed by atoms with E-state index in [1.54, 1.807) is 0 Å². The van der Waals surface area contributed by atoms with Gasteiger partial charge in [-0.05, 0) is 24.7 Å². The molecule has 132 valence electrons. The maximum absolute atomic E-state index is 5.93. The third-order valence-corrected chi connectivity index (χ3v) is 5.21. The topological polar surface area (TPSA) is 9.23 Å². The van der Waals surface area contributed by atoms with E-state index in [2.05, 4.69) is 57.8 Å². The standard InChI is InChI=1S/C16H34O.C4H9.Al/c1-5-9-11-15(7-3)13-17-14-16(8-4)12-10-6-2;1-4(2)3;/h15-16H,5-14H2,1-4H3;4H,1H2,2-3H3;. The van der Waals surface area contributed by atoms with Crippen LogP contribution in [0.3, 0.4) is 0 Å². The summed E-state index contributed by atoms with van der Waals surface area (Å²) >= 11 is 2.69. The highest BCUT2D eigenvalue weighted by molar-refractivity contribution is 6.08. The summed E-state index contributed by atoms with van der Waals surface area (Å²) in [5, 5.41) is 1.22. The zero-order valence-electron chi connectivity index (χ0n) is 16.5. The van der Waals surface area contributed by atoms with E-state index in [0.29, 0.717) is 0 Å². The second-order valence-electron chi connectivity index (χ2n) is 7.00. The summed E-state index contributed by atoms with van der Waals surface area (Å²) in [6, 6.07) is 0. The Labute approximate surface area is 150 Å². The molecule has 0 amide bonds. The third-order valence-electron chi connectivity index (χ3n) is 4.27. The van der Waals surface area contributed by atoms with Crippen molar-refractivity contribution in [2.45, 2.75) is 98.2 Å². The van der Waals surface area contributed by atoms with Gasteiger partial charge in [0.05, 0.1) is 0 Å². The molecule has 0 aliphatic rings. The van der Waals surface area contributed by atoms with Crippen LogP contribution in [0.4, 0.5) is 0 Å². The largest absolute Gasteiger partial charge is 0.381 e. The monoisotopic (exact) mass is 326 g/mol. The van der Waals surface area contributed by atoms with E-state index < -0.39 is 0 Å². The van der Waals surface area contributed by atoms with Gasteiger partial charge in [-0.3, -0.25) is 0 Å². The fourth-order valence-corrected chi connectivity index (χ4v) is 2.20. The summed E-state index contributed by atoms with van der Waals surface area (Å²) in [6.45, 7) is 15.5. The highest BCUT2D eigenvalue weighted by Crippen LogP contribution is 2.16. The molecule has 2 unspecified atom stereocenters. The molecule has 2 atom stereocenters. The van der Waals surface area contributed by atoms with Crippen molar-refractivity contribution in [2.24, 2.45) is 17.8 Å². The summed E-state index contributed by atoms with van der Waals surface area (Å²) in [5.41, 5.74) is 0. The Hall–Kier alpha value is 0.492. The van der Waals surface area contributed by atoms with Crippen LogP contribution in [0, 0.1) is 17.8 Å². The summed E-state index contributed by atoms with van der Waals surface area (Å²) in [7, 11) is 0. The van der Waals surface area contributed by atoms with Crippen LogP contribution in [0.25, 0.3) is 0 Å². The Bertz CT molecular complexity index is 178. The van der Waals surface area contributed by atoms with Gasteiger partial charge in [0.25, 0.3) is 0 Å². The lowest BCUT2D eigenvalue weighted by atomic mass is 9.99. The number of ether oxygens (including phenoxy) is 1. The lowest BCUT2D eigenvalue weighted by Crippen LogP contribution is -2.14. The summed E-state index contributed by atoms with van der Waals surface area (Å²) < 4.78 is 5.93. The summed E-state index contributed by atoms with van der Waals surface area (Å²) in [5.74, 6) is 2.43. The molecule has 0 heterocycles. The zero-order chi connectivity index (χ0) is 17.2. The van der Waals surface area contributed by atoms with Gasteiger partial charge in [0.15, 0.2) is 0 Å². The van der Waals surface area contributed by atoms with Gasteiger partial charge in [0.1, 0.15) is 16.3 Å². The van der Waals surface area contributed by atoms with E-state index in [0.717, 1.165) is 31.0 Å². The van der Waals surface area contributed by atoms with E-state index in [-0.39, 0.29) is 0 Å². The fraction of sp³-hybridized carbons (Fsp3) is 1.00. The molecule has 0 spiro atoms. The maximum Gasteiger partial charge on any atom is 0.118 e. The summed E-state index contributed by atoms with van der Waals surface area (Å²) in [4.78, 5) is 0. The van der Waals surface area contributed by atoms with Crippen LogP contribution in [0.2, 0.25) is 5.28 Å². The first-order valence-corrected chi connectivity index (χ1v) is 10.6. The Morgan fingerprint density at radius 1 is 0.773 bits per heavy atom. The van der Waals surface area contributed by atoms with Crippen LogP contribution in [0.5, 0.6) is 0 Å². The molecule has 0 saturated carbocycles. The predicted molar refractivity (Wildman–Crippen MR) is 103 cm³/mol. The van der Waals surface area contributed by atoms with Gasteiger partial charge in [-0.2, -0.15) is 0 Å². The lowest BCUT2D eigenvalue weighted by Gasteiger charge is -2.18. The van der Waals surface area contributed by atoms with Gasteiger partial charge in [-0.1, -0.05) is 86.0 Å². The number of hydrogen-bond acceptors (Lipinski definition) is 1. The SMILES string of the molecule is CC(C)[CH2][Al].CCCCC(CC)COCC(CC)CCCC. The molecule has 2 radical (unpaired) electrons. The molecule has 0 fully saturated rings. The van der Waals surface area contributed by atoms with Crippen molar-refractivity contribution in [3.8, 4) is 0 Å². The second-order valence-corrected chi connectivity index (χ2v) is 7.47. The van der Waals surface area contributed by atoms with Gasteiger partial charge in [-0.15, -0.1) is 5.28 Å². The molecule has 0 aliphatic carbocycles. The highest BCUT2D eigenvalue weighted by Gasteiger charge is 2.09. The first-order chi connectivity index (χ1) is 10.5. The van der Waals surface area contributed by atoms with Crippen molar-refractivity contribution in [2.75, 3.05) is 13.2 Å². The molecule has 22 heavy (non-hydrogen) atoms. The Kier molecular flexibility index (Phi) is 22.0. The Morgan fingerprint density at radius 2 is 1.14 bits per heavy atom.